The van der Waals surface area contributed by atoms with Gasteiger partial charge in [-0.1, -0.05) is 19.8 Å². The number of carbonyl (C=O) groups is 1. The summed E-state index contributed by atoms with van der Waals surface area (Å²) >= 11 is 0. The summed E-state index contributed by atoms with van der Waals surface area (Å²) in [5.41, 5.74) is 0.634. The predicted molar refractivity (Wildman–Crippen MR) is 102 cm³/mol. The van der Waals surface area contributed by atoms with Gasteiger partial charge in [-0.25, -0.2) is 19.7 Å². The van der Waals surface area contributed by atoms with Crippen LogP contribution in [0.1, 0.15) is 26.2 Å². The molecule has 0 aliphatic rings. The lowest BCUT2D eigenvalue weighted by molar-refractivity contribution is -0.155. The first-order valence-electron chi connectivity index (χ1n) is 9.32. The van der Waals surface area contributed by atoms with Crippen LogP contribution in [0.15, 0.2) is 12.7 Å². The molecule has 0 fully saturated rings. The summed E-state index contributed by atoms with van der Waals surface area (Å²) in [6.45, 7) is 0.458. The van der Waals surface area contributed by atoms with Gasteiger partial charge in [-0.15, -0.1) is 0 Å². The van der Waals surface area contributed by atoms with E-state index in [0.717, 1.165) is 19.3 Å². The van der Waals surface area contributed by atoms with Crippen LogP contribution in [-0.4, -0.2) is 62.9 Å². The van der Waals surface area contributed by atoms with Gasteiger partial charge in [0.05, 0.1) is 19.5 Å². The number of unbranched alkanes of at least 4 members (excludes halogenated alkanes) is 2. The number of hydrogen-bond donors (Lipinski definition) is 2. The summed E-state index contributed by atoms with van der Waals surface area (Å²) in [5, 5.41) is 2.49. The zero-order valence-corrected chi connectivity index (χ0v) is 17.6. The molecule has 0 saturated heterocycles. The van der Waals surface area contributed by atoms with Crippen molar-refractivity contribution in [2.24, 2.45) is 0 Å². The van der Waals surface area contributed by atoms with Crippen molar-refractivity contribution in [1.82, 2.24) is 19.5 Å². The van der Waals surface area contributed by atoms with Crippen molar-refractivity contribution in [3.8, 4) is 0 Å². The highest BCUT2D eigenvalue weighted by Crippen LogP contribution is 2.43. The van der Waals surface area contributed by atoms with Crippen LogP contribution in [0.2, 0.25) is 0 Å². The lowest BCUT2D eigenvalue weighted by atomic mass is 10.3. The molecule has 0 aliphatic carbocycles. The molecule has 11 nitrogen and oxygen atoms in total. The van der Waals surface area contributed by atoms with E-state index in [2.05, 4.69) is 24.8 Å². The molecule has 2 aromatic heterocycles. The number of ether oxygens (including phenoxy) is 2. The van der Waals surface area contributed by atoms with Crippen molar-refractivity contribution in [2.45, 2.75) is 38.9 Å². The van der Waals surface area contributed by atoms with E-state index in [1.54, 1.807) is 0 Å². The number of anilines is 1. The van der Waals surface area contributed by atoms with E-state index in [4.69, 9.17) is 9.47 Å². The number of fused-ring (bicyclic) bond motifs is 1. The molecule has 0 bridgehead atoms. The van der Waals surface area contributed by atoms with Crippen LogP contribution in [0, 0.1) is 0 Å². The van der Waals surface area contributed by atoms with Crippen LogP contribution in [0.5, 0.6) is 0 Å². The van der Waals surface area contributed by atoms with Gasteiger partial charge < -0.3 is 18.9 Å². The van der Waals surface area contributed by atoms with Gasteiger partial charge in [-0.2, -0.15) is 13.2 Å². The van der Waals surface area contributed by atoms with Crippen LogP contribution in [0.3, 0.4) is 0 Å². The van der Waals surface area contributed by atoms with Crippen LogP contribution >= 0.6 is 7.60 Å². The van der Waals surface area contributed by atoms with E-state index in [-0.39, 0.29) is 31.1 Å². The highest BCUT2D eigenvalue weighted by atomic mass is 31.2. The van der Waals surface area contributed by atoms with Crippen LogP contribution < -0.4 is 5.32 Å². The van der Waals surface area contributed by atoms with Crippen molar-refractivity contribution in [3.63, 3.8) is 0 Å². The molecule has 0 aliphatic heterocycles. The minimum Gasteiger partial charge on any atom is -0.449 e. The fourth-order valence-electron chi connectivity index (χ4n) is 2.34. The van der Waals surface area contributed by atoms with Crippen molar-refractivity contribution in [2.75, 3.05) is 31.5 Å². The van der Waals surface area contributed by atoms with Gasteiger partial charge >= 0.3 is 19.9 Å². The Morgan fingerprint density at radius 1 is 1.26 bits per heavy atom. The molecule has 2 heterocycles. The summed E-state index contributed by atoms with van der Waals surface area (Å²) in [6.07, 6.45) is -1.01. The minimum absolute atomic E-state index is 0.119. The smallest absolute Gasteiger partial charge is 0.412 e. The van der Waals surface area contributed by atoms with E-state index in [0.29, 0.717) is 5.65 Å². The molecule has 1 atom stereocenters. The molecule has 0 spiro atoms. The molecular weight excluding hydrogens is 446 g/mol. The average molecular weight is 469 g/mol. The molecule has 31 heavy (non-hydrogen) atoms. The number of hydrogen-bond acceptors (Lipinski definition) is 8. The highest BCUT2D eigenvalue weighted by Gasteiger charge is 2.32. The fraction of sp³-hybridized carbons (Fsp3) is 0.625. The quantitative estimate of drug-likeness (QED) is 0.354. The number of alkyl halides is 3. The number of nitrogens with zero attached hydrogens (tertiary/aromatic N) is 4. The topological polar surface area (TPSA) is 138 Å². The Bertz CT molecular complexity index is 909. The number of aromatic nitrogens is 4. The third-order valence-corrected chi connectivity index (χ3v) is 4.81. The number of rotatable bonds is 12. The zero-order chi connectivity index (χ0) is 22.9. The number of nitrogens with one attached hydrogen (secondary N) is 1. The Morgan fingerprint density at radius 2 is 2.03 bits per heavy atom. The van der Waals surface area contributed by atoms with Crippen molar-refractivity contribution < 1.29 is 41.4 Å². The molecule has 174 valence electrons. The molecular formula is C16H23F3N5O6P. The summed E-state index contributed by atoms with van der Waals surface area (Å²) in [5.74, 6) is 0.144. The third-order valence-electron chi connectivity index (χ3n) is 3.76. The summed E-state index contributed by atoms with van der Waals surface area (Å²) in [7, 11) is -4.54. The van der Waals surface area contributed by atoms with Gasteiger partial charge in [0.15, 0.2) is 23.6 Å². The lowest BCUT2D eigenvalue weighted by Gasteiger charge is -2.14. The maximum Gasteiger partial charge on any atom is 0.412 e. The maximum atomic E-state index is 12.1. The maximum absolute atomic E-state index is 12.1. The molecule has 1 amide bonds. The number of imidazole rings is 1. The SMILES string of the molecule is CCCCCOC(=O)Nc1ncnc2c1ncn2CCOCP(=O)(O)OCC(F)(F)F. The molecule has 1 unspecified atom stereocenters. The van der Waals surface area contributed by atoms with Crippen molar-refractivity contribution in [3.05, 3.63) is 12.7 Å². The predicted octanol–water partition coefficient (Wildman–Crippen LogP) is 3.30. The highest BCUT2D eigenvalue weighted by molar-refractivity contribution is 7.52. The average Bonchev–Trinajstić information content (AvgIpc) is 3.11. The van der Waals surface area contributed by atoms with E-state index >= 15 is 0 Å². The molecule has 15 heteroatoms. The van der Waals surface area contributed by atoms with Gasteiger partial charge in [0.2, 0.25) is 0 Å². The van der Waals surface area contributed by atoms with E-state index in [1.807, 2.05) is 6.92 Å². The Hall–Kier alpha value is -2.28. The first-order chi connectivity index (χ1) is 14.6. The largest absolute Gasteiger partial charge is 0.449 e. The molecule has 0 radical (unpaired) electrons. The lowest BCUT2D eigenvalue weighted by Crippen LogP contribution is -2.17. The van der Waals surface area contributed by atoms with Crippen LogP contribution in [-0.2, 0) is 25.1 Å². The van der Waals surface area contributed by atoms with Gasteiger partial charge in [0.25, 0.3) is 0 Å². The Labute approximate surface area is 175 Å². The fourth-order valence-corrected chi connectivity index (χ4v) is 3.12. The molecule has 0 saturated carbocycles. The Balaban J connectivity index is 1.87. The molecule has 2 aromatic rings. The first kappa shape index (κ1) is 25.0. The first-order valence-corrected chi connectivity index (χ1v) is 11.1. The molecule has 2 rings (SSSR count). The van der Waals surface area contributed by atoms with Gasteiger partial charge in [-0.05, 0) is 6.42 Å². The van der Waals surface area contributed by atoms with Crippen LogP contribution in [0.4, 0.5) is 23.8 Å². The standard InChI is InChI=1S/C16H23F3N5O6P/c1-2-3-4-6-29-15(25)23-13-12-14(21-9-20-13)24(10-22-12)5-7-28-11-31(26,27)30-8-16(17,18)19/h9-10H,2-8,11H2,1H3,(H,26,27)(H,20,21,23,25). The van der Waals surface area contributed by atoms with Gasteiger partial charge in [0.1, 0.15) is 12.7 Å². The normalized spacial score (nSPS) is 13.8. The second-order valence-electron chi connectivity index (χ2n) is 6.36. The summed E-state index contributed by atoms with van der Waals surface area (Å²) < 4.78 is 63.2. The number of amides is 1. The summed E-state index contributed by atoms with van der Waals surface area (Å²) in [4.78, 5) is 33.4. The Morgan fingerprint density at radius 3 is 2.74 bits per heavy atom. The second-order valence-corrected chi connectivity index (χ2v) is 8.16. The van der Waals surface area contributed by atoms with E-state index < -0.39 is 32.8 Å². The van der Waals surface area contributed by atoms with Gasteiger partial charge in [0, 0.05) is 6.54 Å². The van der Waals surface area contributed by atoms with Crippen molar-refractivity contribution in [1.29, 1.82) is 0 Å². The number of carbonyl (C=O) groups excluding carboxylic acids is 1. The van der Waals surface area contributed by atoms with Gasteiger partial charge in [-0.3, -0.25) is 14.4 Å². The van der Waals surface area contributed by atoms with E-state index in [9.17, 15) is 27.4 Å². The van der Waals surface area contributed by atoms with Crippen molar-refractivity contribution >= 4 is 30.7 Å². The minimum atomic E-state index is -4.72. The third kappa shape index (κ3) is 8.77. The summed E-state index contributed by atoms with van der Waals surface area (Å²) in [6, 6.07) is 0. The molecule has 2 N–H and O–H groups in total. The van der Waals surface area contributed by atoms with E-state index in [1.165, 1.54) is 17.2 Å². The molecule has 0 aromatic carbocycles. The number of halogens is 3. The zero-order valence-electron chi connectivity index (χ0n) is 16.7. The second kappa shape index (κ2) is 11.4. The monoisotopic (exact) mass is 469 g/mol. The van der Waals surface area contributed by atoms with Crippen LogP contribution in [0.25, 0.3) is 11.2 Å². The Kier molecular flexibility index (Phi) is 9.16.